The predicted molar refractivity (Wildman–Crippen MR) is 48.8 cm³/mol. The van der Waals surface area contributed by atoms with Gasteiger partial charge in [-0.2, -0.15) is 0 Å². The van der Waals surface area contributed by atoms with Crippen molar-refractivity contribution in [1.29, 1.82) is 0 Å². The standard InChI is InChI=1S/C6H13N3O3S/c1-13(10,11)8-4-6-2-5(3-7)9-12-6/h6,8H,2-4,7H2,1H3/t6-/m1/s1. The molecule has 0 spiro atoms. The van der Waals surface area contributed by atoms with Gasteiger partial charge < -0.3 is 10.6 Å². The van der Waals surface area contributed by atoms with Gasteiger partial charge in [-0.05, 0) is 0 Å². The van der Waals surface area contributed by atoms with Gasteiger partial charge in [0.2, 0.25) is 10.0 Å². The van der Waals surface area contributed by atoms with Crippen LogP contribution >= 0.6 is 0 Å². The molecule has 1 rings (SSSR count). The monoisotopic (exact) mass is 207 g/mol. The van der Waals surface area contributed by atoms with Crippen LogP contribution in [0.2, 0.25) is 0 Å². The van der Waals surface area contributed by atoms with Crippen LogP contribution in [0, 0.1) is 0 Å². The van der Waals surface area contributed by atoms with Crippen molar-refractivity contribution in [3.05, 3.63) is 0 Å². The van der Waals surface area contributed by atoms with E-state index in [2.05, 4.69) is 9.88 Å². The molecule has 0 bridgehead atoms. The summed E-state index contributed by atoms with van der Waals surface area (Å²) >= 11 is 0. The molecule has 76 valence electrons. The average molecular weight is 207 g/mol. The Kier molecular flexibility index (Phi) is 3.23. The van der Waals surface area contributed by atoms with Crippen molar-refractivity contribution >= 4 is 15.7 Å². The first-order valence-corrected chi connectivity index (χ1v) is 5.76. The molecule has 0 aromatic heterocycles. The van der Waals surface area contributed by atoms with Crippen LogP contribution in [0.15, 0.2) is 5.16 Å². The third kappa shape index (κ3) is 3.71. The second kappa shape index (κ2) is 4.03. The van der Waals surface area contributed by atoms with Gasteiger partial charge in [-0.25, -0.2) is 13.1 Å². The average Bonchev–Trinajstić information content (AvgIpc) is 2.47. The molecule has 0 unspecified atom stereocenters. The second-order valence-electron chi connectivity index (χ2n) is 2.91. The Hall–Kier alpha value is -0.660. The van der Waals surface area contributed by atoms with Crippen molar-refractivity contribution in [2.24, 2.45) is 10.9 Å². The molecule has 1 aliphatic heterocycles. The quantitative estimate of drug-likeness (QED) is 0.595. The van der Waals surface area contributed by atoms with E-state index in [1.807, 2.05) is 0 Å². The number of nitrogens with one attached hydrogen (secondary N) is 1. The second-order valence-corrected chi connectivity index (χ2v) is 4.75. The molecule has 0 aromatic rings. The Morgan fingerprint density at radius 3 is 2.92 bits per heavy atom. The Balaban J connectivity index is 2.28. The van der Waals surface area contributed by atoms with E-state index in [-0.39, 0.29) is 12.6 Å². The van der Waals surface area contributed by atoms with Gasteiger partial charge in [-0.3, -0.25) is 0 Å². The number of nitrogens with two attached hydrogens (primary N) is 1. The van der Waals surface area contributed by atoms with Crippen LogP contribution in [0.1, 0.15) is 6.42 Å². The van der Waals surface area contributed by atoms with Gasteiger partial charge in [0.25, 0.3) is 0 Å². The fourth-order valence-electron chi connectivity index (χ4n) is 0.961. The van der Waals surface area contributed by atoms with Gasteiger partial charge in [0.05, 0.1) is 18.5 Å². The highest BCUT2D eigenvalue weighted by Gasteiger charge is 2.20. The summed E-state index contributed by atoms with van der Waals surface area (Å²) in [6, 6.07) is 0. The van der Waals surface area contributed by atoms with Crippen LogP contribution in [0.25, 0.3) is 0 Å². The highest BCUT2D eigenvalue weighted by molar-refractivity contribution is 7.88. The summed E-state index contributed by atoms with van der Waals surface area (Å²) in [4.78, 5) is 4.93. The van der Waals surface area contributed by atoms with E-state index < -0.39 is 10.0 Å². The van der Waals surface area contributed by atoms with E-state index in [0.29, 0.717) is 13.0 Å². The Bertz CT molecular complexity index is 298. The molecule has 0 fully saturated rings. The molecular weight excluding hydrogens is 194 g/mol. The summed E-state index contributed by atoms with van der Waals surface area (Å²) in [5, 5.41) is 3.69. The van der Waals surface area contributed by atoms with Crippen molar-refractivity contribution in [2.75, 3.05) is 19.3 Å². The van der Waals surface area contributed by atoms with Crippen LogP contribution in [-0.2, 0) is 14.9 Å². The SMILES string of the molecule is CS(=O)(=O)NC[C@H]1CC(CN)=NO1. The maximum absolute atomic E-state index is 10.7. The molecule has 7 heteroatoms. The number of hydrogen-bond acceptors (Lipinski definition) is 5. The number of hydrogen-bond donors (Lipinski definition) is 2. The lowest BCUT2D eigenvalue weighted by atomic mass is 10.2. The van der Waals surface area contributed by atoms with Gasteiger partial charge in [-0.1, -0.05) is 5.16 Å². The van der Waals surface area contributed by atoms with Gasteiger partial charge in [0, 0.05) is 13.0 Å². The van der Waals surface area contributed by atoms with Crippen molar-refractivity contribution in [3.8, 4) is 0 Å². The highest BCUT2D eigenvalue weighted by atomic mass is 32.2. The van der Waals surface area contributed by atoms with E-state index in [1.165, 1.54) is 0 Å². The molecule has 3 N–H and O–H groups in total. The minimum atomic E-state index is -3.15. The summed E-state index contributed by atoms with van der Waals surface area (Å²) in [6.45, 7) is 0.598. The van der Waals surface area contributed by atoms with Crippen LogP contribution in [0.3, 0.4) is 0 Å². The summed E-state index contributed by atoms with van der Waals surface area (Å²) < 4.78 is 23.8. The van der Waals surface area contributed by atoms with Crippen molar-refractivity contribution in [2.45, 2.75) is 12.5 Å². The minimum absolute atomic E-state index is 0.215. The highest BCUT2D eigenvalue weighted by Crippen LogP contribution is 2.08. The molecule has 0 aliphatic carbocycles. The number of rotatable bonds is 4. The van der Waals surface area contributed by atoms with Crippen LogP contribution < -0.4 is 10.5 Å². The molecule has 1 aliphatic rings. The molecule has 0 saturated carbocycles. The first kappa shape index (κ1) is 10.4. The number of oxime groups is 1. The smallest absolute Gasteiger partial charge is 0.208 e. The third-order valence-electron chi connectivity index (χ3n) is 1.60. The molecule has 13 heavy (non-hydrogen) atoms. The first-order chi connectivity index (χ1) is 6.01. The summed E-state index contributed by atoms with van der Waals surface area (Å²) in [5.74, 6) is 0. The molecule has 6 nitrogen and oxygen atoms in total. The lowest BCUT2D eigenvalue weighted by Crippen LogP contribution is -2.31. The summed E-state index contributed by atoms with van der Waals surface area (Å²) in [7, 11) is -3.15. The number of sulfonamides is 1. The maximum atomic E-state index is 10.7. The zero-order valence-electron chi connectivity index (χ0n) is 7.36. The summed E-state index contributed by atoms with van der Waals surface area (Å²) in [5.41, 5.74) is 6.09. The predicted octanol–water partition coefficient (Wildman–Crippen LogP) is -1.36. The Morgan fingerprint density at radius 1 is 1.77 bits per heavy atom. The van der Waals surface area contributed by atoms with Crippen molar-refractivity contribution in [3.63, 3.8) is 0 Å². The van der Waals surface area contributed by atoms with Crippen LogP contribution in [-0.4, -0.2) is 39.6 Å². The zero-order chi connectivity index (χ0) is 9.90. The van der Waals surface area contributed by atoms with Gasteiger partial charge in [0.1, 0.15) is 6.10 Å². The lowest BCUT2D eigenvalue weighted by molar-refractivity contribution is 0.0891. The first-order valence-electron chi connectivity index (χ1n) is 3.87. The van der Waals surface area contributed by atoms with Gasteiger partial charge in [-0.15, -0.1) is 0 Å². The molecule has 1 atom stereocenters. The van der Waals surface area contributed by atoms with E-state index in [4.69, 9.17) is 10.6 Å². The molecular formula is C6H13N3O3S. The molecule has 0 saturated heterocycles. The minimum Gasteiger partial charge on any atom is -0.391 e. The Morgan fingerprint density at radius 2 is 2.46 bits per heavy atom. The topological polar surface area (TPSA) is 93.8 Å². The van der Waals surface area contributed by atoms with E-state index in [0.717, 1.165) is 12.0 Å². The fourth-order valence-corrected chi connectivity index (χ4v) is 1.45. The van der Waals surface area contributed by atoms with E-state index >= 15 is 0 Å². The van der Waals surface area contributed by atoms with Crippen molar-refractivity contribution < 1.29 is 13.3 Å². The normalized spacial score (nSPS) is 22.6. The van der Waals surface area contributed by atoms with E-state index in [1.54, 1.807) is 0 Å². The largest absolute Gasteiger partial charge is 0.391 e. The van der Waals surface area contributed by atoms with Crippen LogP contribution in [0.5, 0.6) is 0 Å². The van der Waals surface area contributed by atoms with Crippen molar-refractivity contribution in [1.82, 2.24) is 4.72 Å². The molecule has 1 heterocycles. The zero-order valence-corrected chi connectivity index (χ0v) is 8.17. The Labute approximate surface area is 77.2 Å². The molecule has 0 aromatic carbocycles. The lowest BCUT2D eigenvalue weighted by Gasteiger charge is -2.07. The van der Waals surface area contributed by atoms with E-state index in [9.17, 15) is 8.42 Å². The maximum Gasteiger partial charge on any atom is 0.208 e. The molecule has 0 amide bonds. The third-order valence-corrected chi connectivity index (χ3v) is 2.29. The fraction of sp³-hybridized carbons (Fsp3) is 0.833. The van der Waals surface area contributed by atoms with Gasteiger partial charge >= 0.3 is 0 Å². The number of nitrogens with zero attached hydrogens (tertiary/aromatic N) is 1. The summed E-state index contributed by atoms with van der Waals surface area (Å²) in [6.07, 6.45) is 1.49. The van der Waals surface area contributed by atoms with Gasteiger partial charge in [0.15, 0.2) is 0 Å². The van der Waals surface area contributed by atoms with Crippen LogP contribution in [0.4, 0.5) is 0 Å². The molecule has 0 radical (unpaired) electrons.